The highest BCUT2D eigenvalue weighted by atomic mass is 35.5. The number of hydrogen-bond donors (Lipinski definition) is 2. The van der Waals surface area contributed by atoms with Gasteiger partial charge >= 0.3 is 8.80 Å². The van der Waals surface area contributed by atoms with Gasteiger partial charge in [0.15, 0.2) is 0 Å². The number of nitrogens with one attached hydrogen (secondary N) is 1. The number of benzene rings is 1. The zero-order valence-corrected chi connectivity index (χ0v) is 16.7. The van der Waals surface area contributed by atoms with Gasteiger partial charge in [0.2, 0.25) is 0 Å². The molecule has 0 aromatic heterocycles. The van der Waals surface area contributed by atoms with Crippen molar-refractivity contribution < 1.29 is 13.3 Å². The van der Waals surface area contributed by atoms with Crippen molar-refractivity contribution >= 4 is 27.3 Å². The second kappa shape index (κ2) is 13.5. The quantitative estimate of drug-likeness (QED) is 0.435. The van der Waals surface area contributed by atoms with Crippen LogP contribution in [0.4, 0.5) is 0 Å². The molecule has 0 bridgehead atoms. The van der Waals surface area contributed by atoms with Crippen molar-refractivity contribution in [2.75, 3.05) is 34.4 Å². The molecule has 0 radical (unpaired) electrons. The van der Waals surface area contributed by atoms with E-state index in [2.05, 4.69) is 29.6 Å². The first-order valence-electron chi connectivity index (χ1n) is 7.99. The largest absolute Gasteiger partial charge is 0.500 e. The second-order valence-electron chi connectivity index (χ2n) is 5.41. The van der Waals surface area contributed by atoms with Gasteiger partial charge in [-0.15, -0.1) is 12.4 Å². The number of nitrogens with two attached hydrogens (primary N) is 1. The third-order valence-corrected chi connectivity index (χ3v) is 6.56. The molecular formula is C17H31ClN2O3Si. The van der Waals surface area contributed by atoms with E-state index < -0.39 is 8.80 Å². The molecule has 24 heavy (non-hydrogen) atoms. The molecular weight excluding hydrogens is 344 g/mol. The number of rotatable bonds is 12. The Morgan fingerprint density at radius 3 is 2.33 bits per heavy atom. The molecule has 7 heteroatoms. The van der Waals surface area contributed by atoms with Crippen molar-refractivity contribution in [3.8, 4) is 0 Å². The fraction of sp³-hybridized carbons (Fsp3) is 0.529. The van der Waals surface area contributed by atoms with Gasteiger partial charge < -0.3 is 24.3 Å². The molecule has 3 N–H and O–H groups in total. The minimum atomic E-state index is -2.44. The van der Waals surface area contributed by atoms with Crippen LogP contribution in [-0.2, 0) is 13.3 Å². The van der Waals surface area contributed by atoms with Crippen LogP contribution < -0.4 is 11.1 Å². The van der Waals surface area contributed by atoms with Crippen molar-refractivity contribution in [1.29, 1.82) is 0 Å². The molecule has 138 valence electrons. The van der Waals surface area contributed by atoms with Gasteiger partial charge in [0, 0.05) is 40.0 Å². The average molecular weight is 375 g/mol. The Labute approximate surface area is 153 Å². The van der Waals surface area contributed by atoms with Crippen molar-refractivity contribution in [3.05, 3.63) is 42.0 Å². The summed E-state index contributed by atoms with van der Waals surface area (Å²) in [5.41, 5.74) is 7.31. The Morgan fingerprint density at radius 2 is 1.75 bits per heavy atom. The molecule has 1 aromatic carbocycles. The highest BCUT2D eigenvalue weighted by Gasteiger charge is 2.36. The average Bonchev–Trinajstić information content (AvgIpc) is 2.59. The van der Waals surface area contributed by atoms with Crippen molar-refractivity contribution in [2.24, 2.45) is 5.73 Å². The summed E-state index contributed by atoms with van der Waals surface area (Å²) in [6, 6.07) is 11.2. The minimum absolute atomic E-state index is 0. The predicted octanol–water partition coefficient (Wildman–Crippen LogP) is 2.70. The van der Waals surface area contributed by atoms with E-state index in [1.165, 1.54) is 5.56 Å². The fourth-order valence-corrected chi connectivity index (χ4v) is 4.02. The van der Waals surface area contributed by atoms with Gasteiger partial charge in [-0.2, -0.15) is 0 Å². The molecule has 0 heterocycles. The molecule has 1 unspecified atom stereocenters. The fourth-order valence-electron chi connectivity index (χ4n) is 2.30. The first-order valence-corrected chi connectivity index (χ1v) is 9.92. The summed E-state index contributed by atoms with van der Waals surface area (Å²) in [6.07, 6.45) is 6.03. The molecule has 0 spiro atoms. The van der Waals surface area contributed by atoms with E-state index >= 15 is 0 Å². The summed E-state index contributed by atoms with van der Waals surface area (Å²) in [4.78, 5) is 0. The van der Waals surface area contributed by atoms with Gasteiger partial charge in [0.1, 0.15) is 0 Å². The lowest BCUT2D eigenvalue weighted by Crippen LogP contribution is -2.43. The normalized spacial score (nSPS) is 13.0. The summed E-state index contributed by atoms with van der Waals surface area (Å²) in [6.45, 7) is 1.67. The molecule has 0 aliphatic rings. The molecule has 0 aliphatic carbocycles. The third kappa shape index (κ3) is 8.94. The number of halogens is 1. The van der Waals surface area contributed by atoms with E-state index in [1.807, 2.05) is 18.2 Å². The van der Waals surface area contributed by atoms with Crippen LogP contribution in [0.1, 0.15) is 18.4 Å². The van der Waals surface area contributed by atoms with Gasteiger partial charge in [-0.1, -0.05) is 42.5 Å². The maximum absolute atomic E-state index is 6.11. The summed E-state index contributed by atoms with van der Waals surface area (Å²) < 4.78 is 16.2. The first-order chi connectivity index (χ1) is 11.2. The maximum atomic E-state index is 6.11. The lowest BCUT2D eigenvalue weighted by molar-refractivity contribution is 0.123. The van der Waals surface area contributed by atoms with Crippen LogP contribution >= 0.6 is 12.4 Å². The van der Waals surface area contributed by atoms with Crippen LogP contribution in [0.15, 0.2) is 36.4 Å². The van der Waals surface area contributed by atoms with Crippen LogP contribution in [0.25, 0.3) is 6.08 Å². The highest BCUT2D eigenvalue weighted by Crippen LogP contribution is 2.14. The van der Waals surface area contributed by atoms with Crippen LogP contribution in [-0.4, -0.2) is 49.3 Å². The van der Waals surface area contributed by atoms with Crippen molar-refractivity contribution in [2.45, 2.75) is 24.9 Å². The van der Waals surface area contributed by atoms with Gasteiger partial charge in [-0.3, -0.25) is 0 Å². The van der Waals surface area contributed by atoms with E-state index in [0.29, 0.717) is 0 Å². The molecule has 1 rings (SSSR count). The van der Waals surface area contributed by atoms with Crippen LogP contribution in [0.5, 0.6) is 0 Å². The van der Waals surface area contributed by atoms with Gasteiger partial charge in [-0.05, 0) is 24.9 Å². The third-order valence-electron chi connectivity index (χ3n) is 3.72. The number of hydrogen-bond acceptors (Lipinski definition) is 5. The van der Waals surface area contributed by atoms with Crippen LogP contribution in [0, 0.1) is 0 Å². The summed E-state index contributed by atoms with van der Waals surface area (Å²) in [7, 11) is 2.49. The minimum Gasteiger partial charge on any atom is -0.377 e. The Balaban J connectivity index is 0.00000529. The summed E-state index contributed by atoms with van der Waals surface area (Å²) in [5.74, 6) is 0. The van der Waals surface area contributed by atoms with Crippen LogP contribution in [0.3, 0.4) is 0 Å². The molecule has 5 nitrogen and oxygen atoms in total. The standard InChI is InChI=1S/C17H30N2O3Si.ClH/c1-20-23(21-2,22-3)14-8-13-19-15-17(18)12-7-11-16-9-5-4-6-10-16;/h4-7,9-11,17,19H,8,12-15,18H2,1-3H3;1H. The van der Waals surface area contributed by atoms with E-state index in [-0.39, 0.29) is 18.4 Å². The molecule has 0 amide bonds. The Hall–Kier alpha value is -0.733. The Bertz CT molecular complexity index is 436. The monoisotopic (exact) mass is 374 g/mol. The molecule has 0 saturated carbocycles. The molecule has 1 aromatic rings. The van der Waals surface area contributed by atoms with Gasteiger partial charge in [0.05, 0.1) is 0 Å². The van der Waals surface area contributed by atoms with Gasteiger partial charge in [-0.25, -0.2) is 0 Å². The smallest absolute Gasteiger partial charge is 0.377 e. The van der Waals surface area contributed by atoms with E-state index in [1.54, 1.807) is 21.3 Å². The predicted molar refractivity (Wildman–Crippen MR) is 104 cm³/mol. The first kappa shape index (κ1) is 23.3. The van der Waals surface area contributed by atoms with E-state index in [9.17, 15) is 0 Å². The van der Waals surface area contributed by atoms with Gasteiger partial charge in [0.25, 0.3) is 0 Å². The van der Waals surface area contributed by atoms with E-state index in [4.69, 9.17) is 19.0 Å². The molecule has 0 saturated heterocycles. The summed E-state index contributed by atoms with van der Waals surface area (Å²) >= 11 is 0. The van der Waals surface area contributed by atoms with Crippen molar-refractivity contribution in [1.82, 2.24) is 5.32 Å². The molecule has 0 aliphatic heterocycles. The zero-order chi connectivity index (χ0) is 17.0. The lowest BCUT2D eigenvalue weighted by atomic mass is 10.1. The van der Waals surface area contributed by atoms with Crippen LogP contribution in [0.2, 0.25) is 6.04 Å². The molecule has 1 atom stereocenters. The highest BCUT2D eigenvalue weighted by molar-refractivity contribution is 6.60. The topological polar surface area (TPSA) is 65.7 Å². The van der Waals surface area contributed by atoms with E-state index in [0.717, 1.165) is 32.0 Å². The summed E-state index contributed by atoms with van der Waals surface area (Å²) in [5, 5.41) is 3.38. The SMILES string of the molecule is CO[Si](CCCNCC(N)CC=Cc1ccccc1)(OC)OC.Cl. The zero-order valence-electron chi connectivity index (χ0n) is 14.9. The van der Waals surface area contributed by atoms with Crippen molar-refractivity contribution in [3.63, 3.8) is 0 Å². The molecule has 0 fully saturated rings. The maximum Gasteiger partial charge on any atom is 0.500 e. The Morgan fingerprint density at radius 1 is 1.12 bits per heavy atom. The Kier molecular flexibility index (Phi) is 13.1. The second-order valence-corrected chi connectivity index (χ2v) is 8.50. The lowest BCUT2D eigenvalue weighted by Gasteiger charge is -2.24.